The molecule has 0 spiro atoms. The molecular weight excluding hydrogens is 244 g/mol. The lowest BCUT2D eigenvalue weighted by atomic mass is 9.62. The molecule has 0 radical (unpaired) electrons. The first-order chi connectivity index (χ1) is 8.92. The molecule has 2 atom stereocenters. The van der Waals surface area contributed by atoms with E-state index in [1.807, 2.05) is 13.8 Å². The molecule has 1 saturated carbocycles. The zero-order chi connectivity index (χ0) is 14.5. The fourth-order valence-corrected chi connectivity index (χ4v) is 2.92. The zero-order valence-electron chi connectivity index (χ0n) is 12.6. The van der Waals surface area contributed by atoms with Gasteiger partial charge >= 0.3 is 11.9 Å². The summed E-state index contributed by atoms with van der Waals surface area (Å²) in [6.07, 6.45) is 4.31. The van der Waals surface area contributed by atoms with Crippen molar-refractivity contribution in [1.82, 2.24) is 0 Å². The fourth-order valence-electron chi connectivity index (χ4n) is 2.92. The van der Waals surface area contributed by atoms with Crippen LogP contribution in [0.4, 0.5) is 0 Å². The summed E-state index contributed by atoms with van der Waals surface area (Å²) >= 11 is 0. The van der Waals surface area contributed by atoms with Gasteiger partial charge in [-0.05, 0) is 40.5 Å². The van der Waals surface area contributed by atoms with Crippen molar-refractivity contribution in [3.63, 3.8) is 0 Å². The van der Waals surface area contributed by atoms with Gasteiger partial charge in [0, 0.05) is 0 Å². The number of esters is 2. The lowest BCUT2D eigenvalue weighted by molar-refractivity contribution is -0.179. The number of hydrogen-bond donors (Lipinski definition) is 0. The second-order valence-corrected chi connectivity index (χ2v) is 5.67. The van der Waals surface area contributed by atoms with Crippen molar-refractivity contribution < 1.29 is 19.1 Å². The number of rotatable bonds is 4. The van der Waals surface area contributed by atoms with E-state index in [0.717, 1.165) is 19.3 Å². The molecule has 0 aromatic heterocycles. The smallest absolute Gasteiger partial charge is 0.312 e. The Morgan fingerprint density at radius 2 is 1.21 bits per heavy atom. The summed E-state index contributed by atoms with van der Waals surface area (Å²) in [7, 11) is 0. The Labute approximate surface area is 115 Å². The van der Waals surface area contributed by atoms with Crippen LogP contribution in [0.3, 0.4) is 0 Å². The standard InChI is InChI=1S/C15H26O4/c1-5-18-12(16)14(3)10-8-7-9-11-15(14,4)13(17)19-6-2/h5-11H2,1-4H3. The van der Waals surface area contributed by atoms with E-state index in [1.54, 1.807) is 13.8 Å². The van der Waals surface area contributed by atoms with Crippen molar-refractivity contribution in [3.8, 4) is 0 Å². The van der Waals surface area contributed by atoms with Gasteiger partial charge in [0.25, 0.3) is 0 Å². The van der Waals surface area contributed by atoms with Crippen LogP contribution in [0.2, 0.25) is 0 Å². The van der Waals surface area contributed by atoms with Crippen molar-refractivity contribution in [2.45, 2.75) is 59.8 Å². The molecule has 0 aromatic rings. The third kappa shape index (κ3) is 2.93. The minimum Gasteiger partial charge on any atom is -0.466 e. The third-order valence-corrected chi connectivity index (χ3v) is 4.52. The minimum absolute atomic E-state index is 0.271. The average molecular weight is 270 g/mol. The maximum absolute atomic E-state index is 12.4. The number of carbonyl (C=O) groups excluding carboxylic acids is 2. The Morgan fingerprint density at radius 1 is 0.842 bits per heavy atom. The fraction of sp³-hybridized carbons (Fsp3) is 0.867. The monoisotopic (exact) mass is 270 g/mol. The maximum atomic E-state index is 12.4. The van der Waals surface area contributed by atoms with Crippen molar-refractivity contribution >= 4 is 11.9 Å². The molecule has 110 valence electrons. The predicted octanol–water partition coefficient (Wildman–Crippen LogP) is 3.09. The van der Waals surface area contributed by atoms with Gasteiger partial charge in [-0.15, -0.1) is 0 Å². The summed E-state index contributed by atoms with van der Waals surface area (Å²) in [5, 5.41) is 0. The van der Waals surface area contributed by atoms with E-state index in [2.05, 4.69) is 0 Å². The van der Waals surface area contributed by atoms with E-state index in [0.29, 0.717) is 26.1 Å². The number of carbonyl (C=O) groups is 2. The molecule has 0 aromatic carbocycles. The highest BCUT2D eigenvalue weighted by atomic mass is 16.5. The van der Waals surface area contributed by atoms with Gasteiger partial charge in [0.15, 0.2) is 0 Å². The molecule has 0 amide bonds. The van der Waals surface area contributed by atoms with Crippen LogP contribution in [0.1, 0.15) is 59.8 Å². The van der Waals surface area contributed by atoms with E-state index in [4.69, 9.17) is 9.47 Å². The second kappa shape index (κ2) is 6.40. The van der Waals surface area contributed by atoms with Gasteiger partial charge in [0.05, 0.1) is 24.0 Å². The third-order valence-electron chi connectivity index (χ3n) is 4.52. The van der Waals surface area contributed by atoms with Gasteiger partial charge in [-0.3, -0.25) is 9.59 Å². The predicted molar refractivity (Wildman–Crippen MR) is 72.6 cm³/mol. The molecule has 19 heavy (non-hydrogen) atoms. The first kappa shape index (κ1) is 16.0. The molecule has 4 nitrogen and oxygen atoms in total. The van der Waals surface area contributed by atoms with Crippen LogP contribution in [0.15, 0.2) is 0 Å². The molecule has 1 aliphatic carbocycles. The molecule has 1 rings (SSSR count). The van der Waals surface area contributed by atoms with Gasteiger partial charge in [-0.1, -0.05) is 19.3 Å². The Bertz CT molecular complexity index is 307. The highest BCUT2D eigenvalue weighted by Gasteiger charge is 2.56. The molecule has 0 aliphatic heterocycles. The van der Waals surface area contributed by atoms with Crippen molar-refractivity contribution in [3.05, 3.63) is 0 Å². The first-order valence-corrected chi connectivity index (χ1v) is 7.27. The summed E-state index contributed by atoms with van der Waals surface area (Å²) in [5.41, 5.74) is -1.57. The molecule has 1 aliphatic rings. The zero-order valence-corrected chi connectivity index (χ0v) is 12.6. The number of hydrogen-bond acceptors (Lipinski definition) is 4. The molecule has 0 N–H and O–H groups in total. The second-order valence-electron chi connectivity index (χ2n) is 5.67. The van der Waals surface area contributed by atoms with Crippen molar-refractivity contribution in [2.24, 2.45) is 10.8 Å². The van der Waals surface area contributed by atoms with Crippen LogP contribution in [0, 0.1) is 10.8 Å². The molecule has 2 unspecified atom stereocenters. The van der Waals surface area contributed by atoms with Gasteiger partial charge in [0.2, 0.25) is 0 Å². The highest BCUT2D eigenvalue weighted by molar-refractivity contribution is 5.88. The molecule has 0 heterocycles. The molecular formula is C15H26O4. The summed E-state index contributed by atoms with van der Waals surface area (Å²) < 4.78 is 10.4. The van der Waals surface area contributed by atoms with Gasteiger partial charge in [-0.2, -0.15) is 0 Å². The number of ether oxygens (including phenoxy) is 2. The van der Waals surface area contributed by atoms with E-state index in [-0.39, 0.29) is 11.9 Å². The van der Waals surface area contributed by atoms with Crippen LogP contribution in [-0.2, 0) is 19.1 Å². The van der Waals surface area contributed by atoms with Crippen LogP contribution in [-0.4, -0.2) is 25.2 Å². The lowest BCUT2D eigenvalue weighted by Crippen LogP contribution is -2.49. The van der Waals surface area contributed by atoms with E-state index < -0.39 is 10.8 Å². The Kier molecular flexibility index (Phi) is 5.39. The Balaban J connectivity index is 3.12. The van der Waals surface area contributed by atoms with E-state index >= 15 is 0 Å². The van der Waals surface area contributed by atoms with E-state index in [9.17, 15) is 9.59 Å². The largest absolute Gasteiger partial charge is 0.466 e. The summed E-state index contributed by atoms with van der Waals surface area (Å²) in [6, 6.07) is 0. The lowest BCUT2D eigenvalue weighted by Gasteiger charge is -2.41. The van der Waals surface area contributed by atoms with Gasteiger partial charge < -0.3 is 9.47 Å². The Hall–Kier alpha value is -1.06. The van der Waals surface area contributed by atoms with Crippen LogP contribution in [0.25, 0.3) is 0 Å². The Morgan fingerprint density at radius 3 is 1.53 bits per heavy atom. The normalized spacial score (nSPS) is 31.4. The molecule has 1 fully saturated rings. The van der Waals surface area contributed by atoms with Crippen molar-refractivity contribution in [1.29, 1.82) is 0 Å². The quantitative estimate of drug-likeness (QED) is 0.582. The molecule has 0 bridgehead atoms. The van der Waals surface area contributed by atoms with Crippen LogP contribution < -0.4 is 0 Å². The van der Waals surface area contributed by atoms with Crippen LogP contribution in [0.5, 0.6) is 0 Å². The minimum atomic E-state index is -0.786. The summed E-state index contributed by atoms with van der Waals surface area (Å²) in [4.78, 5) is 24.7. The summed E-state index contributed by atoms with van der Waals surface area (Å²) in [6.45, 7) is 7.97. The van der Waals surface area contributed by atoms with E-state index in [1.165, 1.54) is 0 Å². The van der Waals surface area contributed by atoms with Crippen molar-refractivity contribution in [2.75, 3.05) is 13.2 Å². The van der Waals surface area contributed by atoms with Gasteiger partial charge in [0.1, 0.15) is 0 Å². The molecule has 0 saturated heterocycles. The average Bonchev–Trinajstić information content (AvgIpc) is 2.52. The maximum Gasteiger partial charge on any atom is 0.312 e. The van der Waals surface area contributed by atoms with Gasteiger partial charge in [-0.25, -0.2) is 0 Å². The highest BCUT2D eigenvalue weighted by Crippen LogP contribution is 2.50. The topological polar surface area (TPSA) is 52.6 Å². The first-order valence-electron chi connectivity index (χ1n) is 7.27. The summed E-state index contributed by atoms with van der Waals surface area (Å²) in [5.74, 6) is -0.542. The van der Waals surface area contributed by atoms with Crippen LogP contribution >= 0.6 is 0 Å². The SMILES string of the molecule is CCOC(=O)C1(C)CCCCCC1(C)C(=O)OCC. The molecule has 4 heteroatoms.